The Hall–Kier alpha value is -2.42. The van der Waals surface area contributed by atoms with Crippen molar-refractivity contribution < 1.29 is 9.53 Å². The Kier molecular flexibility index (Phi) is 4.66. The molecule has 0 aliphatic carbocycles. The summed E-state index contributed by atoms with van der Waals surface area (Å²) in [6.07, 6.45) is -0.431. The van der Waals surface area contributed by atoms with E-state index in [9.17, 15) is 4.79 Å². The molecule has 0 saturated heterocycles. The third-order valence-electron chi connectivity index (χ3n) is 3.17. The molecule has 0 aliphatic rings. The summed E-state index contributed by atoms with van der Waals surface area (Å²) in [5.74, 6) is -0.000997. The molecule has 0 aromatic heterocycles. The molecule has 102 valence electrons. The number of hydrogen-bond donors (Lipinski definition) is 1. The summed E-state index contributed by atoms with van der Waals surface area (Å²) in [6.45, 7) is 4.50. The fourth-order valence-electron chi connectivity index (χ4n) is 1.97. The van der Waals surface area contributed by atoms with E-state index in [1.807, 2.05) is 30.3 Å². The van der Waals surface area contributed by atoms with Gasteiger partial charge in [-0.25, -0.2) is 4.79 Å². The van der Waals surface area contributed by atoms with E-state index in [1.54, 1.807) is 0 Å². The quantitative estimate of drug-likeness (QED) is 0.860. The van der Waals surface area contributed by atoms with Gasteiger partial charge in [0.05, 0.1) is 20.6 Å². The number of nitrogens with one attached hydrogen (secondary N) is 1. The first-order chi connectivity index (χ1) is 9.70. The maximum Gasteiger partial charge on any atom is 0.407 e. The maximum atomic E-state index is 11.0. The lowest BCUT2D eigenvalue weighted by Gasteiger charge is -2.08. The van der Waals surface area contributed by atoms with Crippen LogP contribution in [0.4, 0.5) is 4.79 Å². The minimum Gasteiger partial charge on any atom is -0.453 e. The molecule has 3 heteroatoms. The van der Waals surface area contributed by atoms with Gasteiger partial charge in [-0.15, -0.1) is 0 Å². The third-order valence-corrected chi connectivity index (χ3v) is 3.17. The number of methoxy groups -OCH3 is 1. The number of ether oxygens (including phenoxy) is 1. The van der Waals surface area contributed by atoms with Crippen LogP contribution in [0.3, 0.4) is 0 Å². The second kappa shape index (κ2) is 6.66. The Bertz CT molecular complexity index is 549. The number of hydrogen-bond acceptors (Lipinski definition) is 2. The van der Waals surface area contributed by atoms with E-state index < -0.39 is 6.09 Å². The molecule has 1 atom stereocenters. The van der Waals surface area contributed by atoms with Crippen LogP contribution in [-0.2, 0) is 4.74 Å². The van der Waals surface area contributed by atoms with Crippen molar-refractivity contribution in [1.82, 2.24) is 5.32 Å². The summed E-state index contributed by atoms with van der Waals surface area (Å²) in [7, 11) is 1.35. The molecule has 0 saturated carbocycles. The van der Waals surface area contributed by atoms with Crippen LogP contribution in [0, 0.1) is 6.92 Å². The highest BCUT2D eigenvalue weighted by molar-refractivity contribution is 5.67. The van der Waals surface area contributed by atoms with Crippen LogP contribution in [-0.4, -0.2) is 19.7 Å². The topological polar surface area (TPSA) is 38.3 Å². The second-order valence-electron chi connectivity index (χ2n) is 4.56. The van der Waals surface area contributed by atoms with E-state index in [1.165, 1.54) is 18.2 Å². The molecular formula is C17H18NO2+. The van der Waals surface area contributed by atoms with Gasteiger partial charge in [0.2, 0.25) is 0 Å². The van der Waals surface area contributed by atoms with Crippen molar-refractivity contribution in [2.24, 2.45) is 0 Å². The van der Waals surface area contributed by atoms with Crippen molar-refractivity contribution in [3.05, 3.63) is 67.1 Å². The van der Waals surface area contributed by atoms with Crippen molar-refractivity contribution in [3.8, 4) is 11.1 Å². The van der Waals surface area contributed by atoms with Crippen LogP contribution in [0.1, 0.15) is 11.5 Å². The predicted molar refractivity (Wildman–Crippen MR) is 80.4 cm³/mol. The number of alkyl carbamates (subject to hydrolysis) is 1. The molecule has 1 unspecified atom stereocenters. The average molecular weight is 268 g/mol. The second-order valence-corrected chi connectivity index (χ2v) is 4.56. The van der Waals surface area contributed by atoms with E-state index in [0.29, 0.717) is 6.54 Å². The van der Waals surface area contributed by atoms with E-state index in [4.69, 9.17) is 0 Å². The van der Waals surface area contributed by atoms with Crippen LogP contribution < -0.4 is 5.32 Å². The fraction of sp³-hybridized carbons (Fsp3) is 0.176. The highest BCUT2D eigenvalue weighted by Gasteiger charge is 2.13. The first-order valence-corrected chi connectivity index (χ1v) is 6.51. The summed E-state index contributed by atoms with van der Waals surface area (Å²) in [6, 6.07) is 18.4. The Morgan fingerprint density at radius 1 is 1.10 bits per heavy atom. The van der Waals surface area contributed by atoms with Crippen LogP contribution in [0.5, 0.6) is 0 Å². The summed E-state index contributed by atoms with van der Waals surface area (Å²) in [5, 5.41) is 2.65. The molecule has 20 heavy (non-hydrogen) atoms. The number of rotatable bonds is 4. The third kappa shape index (κ3) is 3.54. The van der Waals surface area contributed by atoms with Crippen LogP contribution in [0.2, 0.25) is 0 Å². The van der Waals surface area contributed by atoms with E-state index in [0.717, 1.165) is 5.56 Å². The lowest BCUT2D eigenvalue weighted by Crippen LogP contribution is -2.27. The first kappa shape index (κ1) is 14.0. The molecule has 0 aliphatic heterocycles. The van der Waals surface area contributed by atoms with Crippen molar-refractivity contribution >= 4 is 6.09 Å². The van der Waals surface area contributed by atoms with Crippen molar-refractivity contribution in [1.29, 1.82) is 0 Å². The molecule has 2 rings (SSSR count). The molecule has 0 bridgehead atoms. The van der Waals surface area contributed by atoms with E-state index >= 15 is 0 Å². The molecular weight excluding hydrogens is 250 g/mol. The Balaban J connectivity index is 2.03. The van der Waals surface area contributed by atoms with Gasteiger partial charge in [-0.05, 0) is 11.1 Å². The monoisotopic (exact) mass is 268 g/mol. The minimum atomic E-state index is -0.431. The number of benzene rings is 2. The molecule has 1 N–H and O–H groups in total. The van der Waals surface area contributed by atoms with Gasteiger partial charge >= 0.3 is 6.09 Å². The lowest BCUT2D eigenvalue weighted by atomic mass is 9.97. The maximum absolute atomic E-state index is 11.0. The summed E-state index contributed by atoms with van der Waals surface area (Å²) >= 11 is 0. The first-order valence-electron chi connectivity index (χ1n) is 6.51. The fourth-order valence-corrected chi connectivity index (χ4v) is 1.97. The number of amides is 1. The van der Waals surface area contributed by atoms with Gasteiger partial charge in [0, 0.05) is 5.56 Å². The molecule has 0 heterocycles. The Labute approximate surface area is 119 Å². The molecule has 1 amide bonds. The van der Waals surface area contributed by atoms with Crippen LogP contribution >= 0.6 is 0 Å². The molecule has 0 radical (unpaired) electrons. The lowest BCUT2D eigenvalue weighted by molar-refractivity contribution is 0.171. The standard InChI is InChI=1S/C17H17NO2/c1-13(12-18-17(19)20-2)14-8-10-16(11-9-14)15-6-4-3-5-7-15/h3-11,13H,1,12H2,2H3/p+1. The zero-order valence-corrected chi connectivity index (χ0v) is 11.5. The molecule has 2 aromatic carbocycles. The van der Waals surface area contributed by atoms with Crippen LogP contribution in [0.25, 0.3) is 11.1 Å². The van der Waals surface area contributed by atoms with Gasteiger partial charge in [-0.2, -0.15) is 0 Å². The van der Waals surface area contributed by atoms with Gasteiger partial charge in [-0.3, -0.25) is 0 Å². The van der Waals surface area contributed by atoms with Gasteiger partial charge in [-0.1, -0.05) is 54.6 Å². The Morgan fingerprint density at radius 2 is 1.70 bits per heavy atom. The van der Waals surface area contributed by atoms with Crippen molar-refractivity contribution in [2.45, 2.75) is 5.92 Å². The zero-order valence-electron chi connectivity index (χ0n) is 11.5. The SMILES string of the molecule is [CH2+]C(CNC(=O)OC)c1ccc(-c2ccccc2)cc1. The number of carbonyl (C=O) groups is 1. The molecule has 0 spiro atoms. The smallest absolute Gasteiger partial charge is 0.407 e. The average Bonchev–Trinajstić information content (AvgIpc) is 2.53. The highest BCUT2D eigenvalue weighted by Crippen LogP contribution is 2.22. The van der Waals surface area contributed by atoms with Crippen molar-refractivity contribution in [2.75, 3.05) is 13.7 Å². The summed E-state index contributed by atoms with van der Waals surface area (Å²) in [5.41, 5.74) is 3.44. The number of carbonyl (C=O) groups excluding carboxylic acids is 1. The molecule has 0 fully saturated rings. The van der Waals surface area contributed by atoms with Crippen molar-refractivity contribution in [3.63, 3.8) is 0 Å². The normalized spacial score (nSPS) is 11.7. The predicted octanol–water partition coefficient (Wildman–Crippen LogP) is 3.63. The van der Waals surface area contributed by atoms with Gasteiger partial charge in [0.15, 0.2) is 0 Å². The minimum absolute atomic E-state index is 0.000997. The van der Waals surface area contributed by atoms with Crippen LogP contribution in [0.15, 0.2) is 54.6 Å². The summed E-state index contributed by atoms with van der Waals surface area (Å²) in [4.78, 5) is 11.0. The largest absolute Gasteiger partial charge is 0.453 e. The van der Waals surface area contributed by atoms with Gasteiger partial charge in [0.25, 0.3) is 0 Å². The van der Waals surface area contributed by atoms with E-state index in [2.05, 4.69) is 41.2 Å². The highest BCUT2D eigenvalue weighted by atomic mass is 16.5. The Morgan fingerprint density at radius 3 is 2.30 bits per heavy atom. The van der Waals surface area contributed by atoms with Gasteiger partial charge in [0.1, 0.15) is 5.92 Å². The van der Waals surface area contributed by atoms with E-state index in [-0.39, 0.29) is 5.92 Å². The summed E-state index contributed by atoms with van der Waals surface area (Å²) < 4.78 is 4.54. The molecule has 3 nitrogen and oxygen atoms in total. The van der Waals surface area contributed by atoms with Gasteiger partial charge < -0.3 is 10.1 Å². The molecule has 2 aromatic rings. The zero-order chi connectivity index (χ0) is 14.4.